The van der Waals surface area contributed by atoms with Gasteiger partial charge < -0.3 is 10.2 Å². The van der Waals surface area contributed by atoms with Crippen LogP contribution in [0.5, 0.6) is 0 Å². The zero-order valence-electron chi connectivity index (χ0n) is 14.3. The fourth-order valence-corrected chi connectivity index (χ4v) is 2.28. The number of aryl methyl sites for hydroxylation is 1. The molecule has 0 atom stereocenters. The van der Waals surface area contributed by atoms with Crippen molar-refractivity contribution in [3.63, 3.8) is 0 Å². The van der Waals surface area contributed by atoms with Crippen LogP contribution in [-0.4, -0.2) is 44.5 Å². The topological polar surface area (TPSA) is 88.8 Å². The number of aromatic nitrogens is 5. The van der Waals surface area contributed by atoms with E-state index in [4.69, 9.17) is 0 Å². The Morgan fingerprint density at radius 3 is 2.80 bits per heavy atom. The molecule has 1 amide bonds. The minimum absolute atomic E-state index is 0.188. The smallest absolute Gasteiger partial charge is 0.251 e. The Morgan fingerprint density at radius 1 is 1.24 bits per heavy atom. The Bertz CT molecular complexity index is 874. The van der Waals surface area contributed by atoms with Gasteiger partial charge in [0.1, 0.15) is 12.1 Å². The highest BCUT2D eigenvalue weighted by Crippen LogP contribution is 2.09. The molecule has 3 heterocycles. The molecule has 8 heteroatoms. The molecule has 0 aliphatic heterocycles. The molecule has 3 aromatic rings. The number of nitrogens with one attached hydrogen (secondary N) is 1. The van der Waals surface area contributed by atoms with E-state index < -0.39 is 0 Å². The molecule has 0 fully saturated rings. The molecule has 0 saturated carbocycles. The van der Waals surface area contributed by atoms with Gasteiger partial charge in [-0.1, -0.05) is 0 Å². The van der Waals surface area contributed by atoms with Crippen LogP contribution in [0.2, 0.25) is 0 Å². The van der Waals surface area contributed by atoms with Gasteiger partial charge in [0.25, 0.3) is 5.91 Å². The second-order valence-corrected chi connectivity index (χ2v) is 5.75. The SMILES string of the molecule is Cc1cc(CNC(=O)c2ccnc(-n3ccnc3)c2)nc(N(C)C)n1. The Kier molecular flexibility index (Phi) is 4.69. The normalized spacial score (nSPS) is 10.5. The Hall–Kier alpha value is -3.29. The van der Waals surface area contributed by atoms with Crippen LogP contribution >= 0.6 is 0 Å². The van der Waals surface area contributed by atoms with Gasteiger partial charge in [0.05, 0.1) is 12.2 Å². The van der Waals surface area contributed by atoms with Crippen molar-refractivity contribution in [2.24, 2.45) is 0 Å². The van der Waals surface area contributed by atoms with Crippen molar-refractivity contribution < 1.29 is 4.79 Å². The Morgan fingerprint density at radius 2 is 2.08 bits per heavy atom. The van der Waals surface area contributed by atoms with Gasteiger partial charge in [-0.05, 0) is 25.1 Å². The molecule has 0 unspecified atom stereocenters. The van der Waals surface area contributed by atoms with Crippen LogP contribution < -0.4 is 10.2 Å². The van der Waals surface area contributed by atoms with Crippen LogP contribution in [0.3, 0.4) is 0 Å². The third-order valence-electron chi connectivity index (χ3n) is 3.50. The molecule has 3 rings (SSSR count). The fraction of sp³-hybridized carbons (Fsp3) is 0.235. The van der Waals surface area contributed by atoms with E-state index in [9.17, 15) is 4.79 Å². The van der Waals surface area contributed by atoms with Crippen LogP contribution in [0, 0.1) is 6.92 Å². The molecule has 0 aliphatic carbocycles. The summed E-state index contributed by atoms with van der Waals surface area (Å²) >= 11 is 0. The summed E-state index contributed by atoms with van der Waals surface area (Å²) in [5.41, 5.74) is 2.14. The lowest BCUT2D eigenvalue weighted by atomic mass is 10.2. The summed E-state index contributed by atoms with van der Waals surface area (Å²) in [7, 11) is 3.76. The highest BCUT2D eigenvalue weighted by Gasteiger charge is 2.09. The van der Waals surface area contributed by atoms with Crippen LogP contribution in [-0.2, 0) is 6.54 Å². The molecular formula is C17H19N7O. The molecule has 0 radical (unpaired) electrons. The Balaban J connectivity index is 1.72. The maximum Gasteiger partial charge on any atom is 0.251 e. The molecule has 0 spiro atoms. The molecule has 0 aromatic carbocycles. The summed E-state index contributed by atoms with van der Waals surface area (Å²) in [4.78, 5) is 31.3. The number of hydrogen-bond donors (Lipinski definition) is 1. The first-order valence-electron chi connectivity index (χ1n) is 7.77. The molecule has 25 heavy (non-hydrogen) atoms. The van der Waals surface area contributed by atoms with E-state index in [0.717, 1.165) is 11.4 Å². The number of carbonyl (C=O) groups excluding carboxylic acids is 1. The Labute approximate surface area is 145 Å². The molecule has 8 nitrogen and oxygen atoms in total. The molecule has 3 aromatic heterocycles. The lowest BCUT2D eigenvalue weighted by Crippen LogP contribution is -2.24. The van der Waals surface area contributed by atoms with Gasteiger partial charge in [0.15, 0.2) is 0 Å². The van der Waals surface area contributed by atoms with Gasteiger partial charge in [0.2, 0.25) is 5.95 Å². The fourth-order valence-electron chi connectivity index (χ4n) is 2.28. The van der Waals surface area contributed by atoms with Crippen molar-refractivity contribution in [3.05, 3.63) is 60.1 Å². The zero-order chi connectivity index (χ0) is 17.8. The van der Waals surface area contributed by atoms with Gasteiger partial charge >= 0.3 is 0 Å². The van der Waals surface area contributed by atoms with E-state index in [1.807, 2.05) is 32.0 Å². The summed E-state index contributed by atoms with van der Waals surface area (Å²) in [5.74, 6) is 1.07. The second-order valence-electron chi connectivity index (χ2n) is 5.75. The average molecular weight is 337 g/mol. The predicted molar refractivity (Wildman–Crippen MR) is 93.6 cm³/mol. The number of rotatable bonds is 5. The van der Waals surface area contributed by atoms with Gasteiger partial charge in [0, 0.05) is 43.9 Å². The monoisotopic (exact) mass is 337 g/mol. The maximum atomic E-state index is 12.4. The number of amides is 1. The first-order chi connectivity index (χ1) is 12.0. The standard InChI is InChI=1S/C17H19N7O/c1-12-8-14(22-17(21-12)23(2)3)10-20-16(25)13-4-5-19-15(9-13)24-7-6-18-11-24/h4-9,11H,10H2,1-3H3,(H,20,25). The molecule has 0 aliphatic rings. The van der Waals surface area contributed by atoms with Crippen LogP contribution in [0.15, 0.2) is 43.1 Å². The van der Waals surface area contributed by atoms with Gasteiger partial charge in [-0.3, -0.25) is 9.36 Å². The van der Waals surface area contributed by atoms with Crippen molar-refractivity contribution >= 4 is 11.9 Å². The van der Waals surface area contributed by atoms with E-state index in [1.54, 1.807) is 41.6 Å². The van der Waals surface area contributed by atoms with E-state index in [2.05, 4.69) is 25.3 Å². The summed E-state index contributed by atoms with van der Waals surface area (Å²) in [5, 5.41) is 2.88. The largest absolute Gasteiger partial charge is 0.347 e. The number of hydrogen-bond acceptors (Lipinski definition) is 6. The lowest BCUT2D eigenvalue weighted by Gasteiger charge is -2.13. The average Bonchev–Trinajstić information content (AvgIpc) is 3.14. The van der Waals surface area contributed by atoms with Crippen LogP contribution in [0.4, 0.5) is 5.95 Å². The van der Waals surface area contributed by atoms with Crippen molar-refractivity contribution in [2.75, 3.05) is 19.0 Å². The first kappa shape index (κ1) is 16.6. The molecule has 128 valence electrons. The van der Waals surface area contributed by atoms with Crippen molar-refractivity contribution in [1.82, 2.24) is 29.8 Å². The number of imidazole rings is 1. The first-order valence-corrected chi connectivity index (χ1v) is 7.77. The van der Waals surface area contributed by atoms with Crippen LogP contribution in [0.1, 0.15) is 21.7 Å². The van der Waals surface area contributed by atoms with E-state index in [0.29, 0.717) is 23.9 Å². The number of nitrogens with zero attached hydrogens (tertiary/aromatic N) is 6. The minimum atomic E-state index is -0.188. The lowest BCUT2D eigenvalue weighted by molar-refractivity contribution is 0.0950. The number of carbonyl (C=O) groups is 1. The van der Waals surface area contributed by atoms with Gasteiger partial charge in [-0.15, -0.1) is 0 Å². The molecular weight excluding hydrogens is 318 g/mol. The molecule has 0 bridgehead atoms. The second kappa shape index (κ2) is 7.08. The predicted octanol–water partition coefficient (Wildman–Crippen LogP) is 1.36. The summed E-state index contributed by atoms with van der Waals surface area (Å²) < 4.78 is 1.74. The highest BCUT2D eigenvalue weighted by molar-refractivity contribution is 5.94. The van der Waals surface area contributed by atoms with Crippen molar-refractivity contribution in [3.8, 4) is 5.82 Å². The minimum Gasteiger partial charge on any atom is -0.347 e. The molecule has 1 N–H and O–H groups in total. The van der Waals surface area contributed by atoms with Gasteiger partial charge in [-0.2, -0.15) is 0 Å². The summed E-state index contributed by atoms with van der Waals surface area (Å²) in [6.45, 7) is 2.23. The van der Waals surface area contributed by atoms with Gasteiger partial charge in [-0.25, -0.2) is 19.9 Å². The van der Waals surface area contributed by atoms with E-state index in [1.165, 1.54) is 0 Å². The third-order valence-corrected chi connectivity index (χ3v) is 3.50. The number of anilines is 1. The highest BCUT2D eigenvalue weighted by atomic mass is 16.1. The number of pyridine rings is 1. The summed E-state index contributed by atoms with van der Waals surface area (Å²) in [6, 6.07) is 5.25. The van der Waals surface area contributed by atoms with Crippen molar-refractivity contribution in [1.29, 1.82) is 0 Å². The summed E-state index contributed by atoms with van der Waals surface area (Å²) in [6.07, 6.45) is 6.67. The van der Waals surface area contributed by atoms with Crippen molar-refractivity contribution in [2.45, 2.75) is 13.5 Å². The van der Waals surface area contributed by atoms with E-state index in [-0.39, 0.29) is 5.91 Å². The quantitative estimate of drug-likeness (QED) is 0.756. The third kappa shape index (κ3) is 3.97. The zero-order valence-corrected chi connectivity index (χ0v) is 14.3. The molecule has 0 saturated heterocycles. The van der Waals surface area contributed by atoms with E-state index >= 15 is 0 Å². The van der Waals surface area contributed by atoms with Crippen LogP contribution in [0.25, 0.3) is 5.82 Å². The maximum absolute atomic E-state index is 12.4.